The van der Waals surface area contributed by atoms with Crippen LogP contribution in [0.15, 0.2) is 0 Å². The Hall–Kier alpha value is -0.880. The fourth-order valence-electron chi connectivity index (χ4n) is 1.22. The molecule has 1 amide bonds. The van der Waals surface area contributed by atoms with Gasteiger partial charge in [0.1, 0.15) is 0 Å². The van der Waals surface area contributed by atoms with Crippen molar-refractivity contribution in [3.63, 3.8) is 0 Å². The van der Waals surface area contributed by atoms with Crippen molar-refractivity contribution in [3.05, 3.63) is 5.15 Å². The van der Waals surface area contributed by atoms with Crippen molar-refractivity contribution in [1.82, 2.24) is 8.75 Å². The molecule has 0 aliphatic carbocycles. The highest BCUT2D eigenvalue weighted by Crippen LogP contribution is 2.23. The van der Waals surface area contributed by atoms with Gasteiger partial charge in [0.25, 0.3) is 0 Å². The summed E-state index contributed by atoms with van der Waals surface area (Å²) in [6.07, 6.45) is 0. The highest BCUT2D eigenvalue weighted by atomic mass is 35.5. The number of nitrogens with two attached hydrogens (primary N) is 1. The second kappa shape index (κ2) is 5.27. The van der Waals surface area contributed by atoms with Crippen molar-refractivity contribution >= 4 is 35.1 Å². The van der Waals surface area contributed by atoms with Crippen LogP contribution in [0.1, 0.15) is 13.8 Å². The maximum absolute atomic E-state index is 10.9. The first-order valence-corrected chi connectivity index (χ1v) is 5.62. The standard InChI is InChI=1S/C8H13ClN4OS/c1-5(2)3-13(4-6(10)14)8-7(9)11-15-12-8/h5H,3-4H2,1-2H3,(H2,10,14). The summed E-state index contributed by atoms with van der Waals surface area (Å²) in [5.41, 5.74) is 5.16. The van der Waals surface area contributed by atoms with Crippen molar-refractivity contribution in [2.24, 2.45) is 11.7 Å². The van der Waals surface area contributed by atoms with Crippen molar-refractivity contribution < 1.29 is 4.79 Å². The fourth-order valence-corrected chi connectivity index (χ4v) is 1.99. The molecule has 0 aliphatic rings. The number of aromatic nitrogens is 2. The van der Waals surface area contributed by atoms with Gasteiger partial charge in [-0.3, -0.25) is 4.79 Å². The number of halogens is 1. The van der Waals surface area contributed by atoms with E-state index in [1.165, 1.54) is 0 Å². The third kappa shape index (κ3) is 3.64. The van der Waals surface area contributed by atoms with Gasteiger partial charge in [0, 0.05) is 6.54 Å². The van der Waals surface area contributed by atoms with Crippen molar-refractivity contribution in [2.75, 3.05) is 18.0 Å². The molecule has 0 spiro atoms. The number of hydrogen-bond donors (Lipinski definition) is 1. The van der Waals surface area contributed by atoms with Gasteiger partial charge in [0.2, 0.25) is 5.91 Å². The normalized spacial score (nSPS) is 10.7. The molecule has 7 heteroatoms. The highest BCUT2D eigenvalue weighted by molar-refractivity contribution is 6.99. The second-order valence-corrected chi connectivity index (χ2v) is 4.51. The minimum atomic E-state index is -0.403. The van der Waals surface area contributed by atoms with Crippen molar-refractivity contribution in [1.29, 1.82) is 0 Å². The fraction of sp³-hybridized carbons (Fsp3) is 0.625. The summed E-state index contributed by atoms with van der Waals surface area (Å²) in [4.78, 5) is 12.6. The van der Waals surface area contributed by atoms with E-state index >= 15 is 0 Å². The lowest BCUT2D eigenvalue weighted by atomic mass is 10.2. The van der Waals surface area contributed by atoms with E-state index in [9.17, 15) is 4.79 Å². The lowest BCUT2D eigenvalue weighted by Crippen LogP contribution is -2.36. The monoisotopic (exact) mass is 248 g/mol. The second-order valence-electron chi connectivity index (χ2n) is 3.62. The van der Waals surface area contributed by atoms with Crippen molar-refractivity contribution in [3.8, 4) is 0 Å². The van der Waals surface area contributed by atoms with Gasteiger partial charge in [-0.05, 0) is 5.92 Å². The molecule has 0 saturated heterocycles. The summed E-state index contributed by atoms with van der Waals surface area (Å²) in [5, 5.41) is 0.321. The molecule has 0 fully saturated rings. The zero-order chi connectivity index (χ0) is 11.4. The van der Waals surface area contributed by atoms with Crippen LogP contribution in [0, 0.1) is 5.92 Å². The molecule has 1 aromatic heterocycles. The van der Waals surface area contributed by atoms with Crippen LogP contribution in [0.4, 0.5) is 5.82 Å². The van der Waals surface area contributed by atoms with Crippen LogP contribution in [0.2, 0.25) is 5.15 Å². The van der Waals surface area contributed by atoms with Gasteiger partial charge in [-0.25, -0.2) is 0 Å². The molecule has 2 N–H and O–H groups in total. The number of carbonyl (C=O) groups excluding carboxylic acids is 1. The van der Waals surface area contributed by atoms with Gasteiger partial charge in [-0.1, -0.05) is 25.4 Å². The first-order chi connectivity index (χ1) is 7.00. The first kappa shape index (κ1) is 12.2. The van der Waals surface area contributed by atoms with E-state index in [1.807, 2.05) is 13.8 Å². The summed E-state index contributed by atoms with van der Waals surface area (Å²) in [6.45, 7) is 4.88. The van der Waals surface area contributed by atoms with E-state index in [0.717, 1.165) is 11.7 Å². The number of primary amides is 1. The molecule has 1 heterocycles. The number of hydrogen-bond acceptors (Lipinski definition) is 5. The van der Waals surface area contributed by atoms with Crippen molar-refractivity contribution in [2.45, 2.75) is 13.8 Å². The minimum Gasteiger partial charge on any atom is -0.368 e. The van der Waals surface area contributed by atoms with Crippen LogP contribution >= 0.6 is 23.3 Å². The zero-order valence-corrected chi connectivity index (χ0v) is 10.2. The summed E-state index contributed by atoms with van der Waals surface area (Å²) in [6, 6.07) is 0. The number of amides is 1. The number of rotatable bonds is 5. The van der Waals surface area contributed by atoms with E-state index in [1.54, 1.807) is 4.90 Å². The first-order valence-electron chi connectivity index (χ1n) is 4.52. The molecule has 15 heavy (non-hydrogen) atoms. The summed E-state index contributed by atoms with van der Waals surface area (Å²) in [5.74, 6) is 0.524. The molecule has 1 aromatic rings. The largest absolute Gasteiger partial charge is 0.368 e. The average molecular weight is 249 g/mol. The average Bonchev–Trinajstić information content (AvgIpc) is 2.48. The zero-order valence-electron chi connectivity index (χ0n) is 8.61. The Balaban J connectivity index is 2.81. The Morgan fingerprint density at radius 3 is 2.67 bits per heavy atom. The van der Waals surface area contributed by atoms with E-state index < -0.39 is 5.91 Å². The molecule has 0 unspecified atom stereocenters. The third-order valence-corrected chi connectivity index (χ3v) is 2.54. The van der Waals surface area contributed by atoms with E-state index in [0.29, 0.717) is 23.4 Å². The quantitative estimate of drug-likeness (QED) is 0.848. The van der Waals surface area contributed by atoms with Gasteiger partial charge in [-0.15, -0.1) is 0 Å². The topological polar surface area (TPSA) is 72.1 Å². The lowest BCUT2D eigenvalue weighted by molar-refractivity contribution is -0.116. The van der Waals surface area contributed by atoms with Gasteiger partial charge >= 0.3 is 0 Å². The Labute approximate surface area is 97.5 Å². The van der Waals surface area contributed by atoms with E-state index in [-0.39, 0.29) is 6.54 Å². The van der Waals surface area contributed by atoms with Gasteiger partial charge in [0.15, 0.2) is 11.0 Å². The number of nitrogens with zero attached hydrogens (tertiary/aromatic N) is 3. The summed E-state index contributed by atoms with van der Waals surface area (Å²) in [7, 11) is 0. The molecule has 0 aromatic carbocycles. The summed E-state index contributed by atoms with van der Waals surface area (Å²) >= 11 is 6.87. The van der Waals surface area contributed by atoms with Gasteiger partial charge in [-0.2, -0.15) is 8.75 Å². The van der Waals surface area contributed by atoms with Gasteiger partial charge in [0.05, 0.1) is 18.3 Å². The van der Waals surface area contributed by atoms with Crippen LogP contribution in [-0.4, -0.2) is 27.7 Å². The molecule has 0 atom stereocenters. The number of carbonyl (C=O) groups is 1. The molecule has 0 radical (unpaired) electrons. The van der Waals surface area contributed by atoms with Crippen LogP contribution < -0.4 is 10.6 Å². The Kier molecular flexibility index (Phi) is 4.28. The van der Waals surface area contributed by atoms with Gasteiger partial charge < -0.3 is 10.6 Å². The molecule has 1 rings (SSSR count). The molecular formula is C8H13ClN4OS. The van der Waals surface area contributed by atoms with Crippen LogP contribution in [-0.2, 0) is 4.79 Å². The molecule has 0 bridgehead atoms. The smallest absolute Gasteiger partial charge is 0.237 e. The predicted molar refractivity (Wildman–Crippen MR) is 61.2 cm³/mol. The third-order valence-electron chi connectivity index (χ3n) is 1.66. The highest BCUT2D eigenvalue weighted by Gasteiger charge is 2.17. The van der Waals surface area contributed by atoms with Crippen LogP contribution in [0.25, 0.3) is 0 Å². The Morgan fingerprint density at radius 2 is 2.27 bits per heavy atom. The summed E-state index contributed by atoms with van der Waals surface area (Å²) < 4.78 is 7.89. The predicted octanol–water partition coefficient (Wildman–Crippen LogP) is 1.14. The van der Waals surface area contributed by atoms with E-state index in [4.69, 9.17) is 17.3 Å². The lowest BCUT2D eigenvalue weighted by Gasteiger charge is -2.22. The van der Waals surface area contributed by atoms with E-state index in [2.05, 4.69) is 8.75 Å². The Morgan fingerprint density at radius 1 is 1.60 bits per heavy atom. The SMILES string of the molecule is CC(C)CN(CC(N)=O)c1nsnc1Cl. The maximum Gasteiger partial charge on any atom is 0.237 e. The minimum absolute atomic E-state index is 0.114. The molecular weight excluding hydrogens is 236 g/mol. The molecule has 0 saturated carbocycles. The van der Waals surface area contributed by atoms with Crippen LogP contribution in [0.3, 0.4) is 0 Å². The number of anilines is 1. The molecule has 5 nitrogen and oxygen atoms in total. The Bertz CT molecular complexity index is 341. The maximum atomic E-state index is 10.9. The molecule has 0 aliphatic heterocycles. The van der Waals surface area contributed by atoms with Crippen LogP contribution in [0.5, 0.6) is 0 Å². The molecule has 84 valence electrons.